The minimum Gasteiger partial charge on any atom is -0.480 e. The molecule has 2 unspecified atom stereocenters. The van der Waals surface area contributed by atoms with Crippen LogP contribution in [-0.4, -0.2) is 41.0 Å². The van der Waals surface area contributed by atoms with Crippen molar-refractivity contribution < 1.29 is 18.3 Å². The van der Waals surface area contributed by atoms with Crippen molar-refractivity contribution in [1.82, 2.24) is 4.31 Å². The fraction of sp³-hybridized carbons (Fsp3) is 0.385. The number of benzene rings is 1. The summed E-state index contributed by atoms with van der Waals surface area (Å²) >= 11 is 1.30. The summed E-state index contributed by atoms with van der Waals surface area (Å²) in [6.07, 6.45) is 0.202. The fourth-order valence-electron chi connectivity index (χ4n) is 2.17. The number of carboxylic acid groups (broad SMARTS) is 1. The van der Waals surface area contributed by atoms with Gasteiger partial charge in [-0.05, 0) is 24.6 Å². The van der Waals surface area contributed by atoms with Gasteiger partial charge in [-0.1, -0.05) is 12.1 Å². The van der Waals surface area contributed by atoms with Crippen LogP contribution in [0, 0.1) is 11.3 Å². The Balaban J connectivity index is 2.36. The topological polar surface area (TPSA) is 98.5 Å². The predicted molar refractivity (Wildman–Crippen MR) is 78.1 cm³/mol. The molecule has 1 aromatic rings. The molecule has 1 fully saturated rings. The van der Waals surface area contributed by atoms with E-state index >= 15 is 0 Å². The van der Waals surface area contributed by atoms with Gasteiger partial charge in [0.2, 0.25) is 10.0 Å². The number of hydrogen-bond acceptors (Lipinski definition) is 5. The number of sulfonamides is 1. The molecule has 112 valence electrons. The molecular formula is C13H14N2O4S2. The highest BCUT2D eigenvalue weighted by Crippen LogP contribution is 2.34. The molecule has 2 atom stereocenters. The molecule has 1 heterocycles. The molecule has 6 nitrogen and oxygen atoms in total. The molecule has 0 aliphatic carbocycles. The summed E-state index contributed by atoms with van der Waals surface area (Å²) < 4.78 is 26.3. The normalized spacial score (nSPS) is 22.9. The quantitative estimate of drug-likeness (QED) is 0.895. The molecule has 0 saturated carbocycles. The summed E-state index contributed by atoms with van der Waals surface area (Å²) in [5, 5.41) is 17.4. The van der Waals surface area contributed by atoms with E-state index in [4.69, 9.17) is 5.26 Å². The molecule has 1 saturated heterocycles. The van der Waals surface area contributed by atoms with Gasteiger partial charge < -0.3 is 5.11 Å². The van der Waals surface area contributed by atoms with E-state index in [0.29, 0.717) is 0 Å². The first-order chi connectivity index (χ1) is 9.87. The molecule has 0 radical (unpaired) electrons. The molecule has 0 aromatic heterocycles. The van der Waals surface area contributed by atoms with Gasteiger partial charge in [-0.25, -0.2) is 8.42 Å². The number of aliphatic carboxylic acids is 1. The summed E-state index contributed by atoms with van der Waals surface area (Å²) in [6.45, 7) is 1.68. The summed E-state index contributed by atoms with van der Waals surface area (Å²) in [6, 6.07) is 6.90. The third-order valence-electron chi connectivity index (χ3n) is 3.23. The van der Waals surface area contributed by atoms with Crippen molar-refractivity contribution in [2.75, 3.05) is 5.75 Å². The maximum absolute atomic E-state index is 12.6. The zero-order valence-corrected chi connectivity index (χ0v) is 12.9. The first-order valence-electron chi connectivity index (χ1n) is 6.21. The average molecular weight is 326 g/mol. The van der Waals surface area contributed by atoms with Gasteiger partial charge in [0.15, 0.2) is 0 Å². The van der Waals surface area contributed by atoms with E-state index in [1.54, 1.807) is 19.1 Å². The third kappa shape index (κ3) is 3.05. The van der Waals surface area contributed by atoms with E-state index in [9.17, 15) is 18.3 Å². The van der Waals surface area contributed by atoms with Gasteiger partial charge in [-0.15, -0.1) is 11.8 Å². The van der Waals surface area contributed by atoms with Gasteiger partial charge in [0.1, 0.15) is 6.04 Å². The Bertz CT molecular complexity index is 679. The molecular weight excluding hydrogens is 312 g/mol. The first-order valence-corrected chi connectivity index (χ1v) is 8.70. The van der Waals surface area contributed by atoms with Crippen LogP contribution in [0.1, 0.15) is 12.5 Å². The highest BCUT2D eigenvalue weighted by molar-refractivity contribution is 8.01. The van der Waals surface area contributed by atoms with Crippen LogP contribution < -0.4 is 0 Å². The van der Waals surface area contributed by atoms with Gasteiger partial charge in [-0.2, -0.15) is 9.57 Å². The number of hydrogen-bond donors (Lipinski definition) is 1. The number of carbonyl (C=O) groups is 1. The number of nitrogens with zero attached hydrogens (tertiary/aromatic N) is 2. The van der Waals surface area contributed by atoms with Crippen molar-refractivity contribution >= 4 is 27.8 Å². The van der Waals surface area contributed by atoms with E-state index in [2.05, 4.69) is 0 Å². The van der Waals surface area contributed by atoms with Crippen LogP contribution in [0.3, 0.4) is 0 Å². The third-order valence-corrected chi connectivity index (χ3v) is 6.57. The molecule has 1 aliphatic rings. The van der Waals surface area contributed by atoms with Crippen LogP contribution in [-0.2, 0) is 21.2 Å². The monoisotopic (exact) mass is 326 g/mol. The first kappa shape index (κ1) is 15.8. The van der Waals surface area contributed by atoms with Gasteiger partial charge >= 0.3 is 5.97 Å². The second-order valence-electron chi connectivity index (χ2n) is 4.60. The van der Waals surface area contributed by atoms with Crippen molar-refractivity contribution in [3.05, 3.63) is 29.8 Å². The van der Waals surface area contributed by atoms with E-state index in [0.717, 1.165) is 9.87 Å². The lowest BCUT2D eigenvalue weighted by Gasteiger charge is -2.24. The van der Waals surface area contributed by atoms with Gasteiger partial charge in [0.25, 0.3) is 0 Å². The van der Waals surface area contributed by atoms with Crippen LogP contribution in [0.2, 0.25) is 0 Å². The fourth-order valence-corrected chi connectivity index (χ4v) is 5.45. The van der Waals surface area contributed by atoms with Crippen LogP contribution in [0.15, 0.2) is 29.2 Å². The second-order valence-corrected chi connectivity index (χ2v) is 7.79. The smallest absolute Gasteiger partial charge is 0.322 e. The maximum atomic E-state index is 12.6. The SMILES string of the molecule is CC1SCC(C(=O)O)N1S(=O)(=O)c1ccc(CC#N)cc1. The minimum atomic E-state index is -3.87. The van der Waals surface area contributed by atoms with Crippen molar-refractivity contribution in [1.29, 1.82) is 5.26 Å². The molecule has 8 heteroatoms. The van der Waals surface area contributed by atoms with E-state index in [1.165, 1.54) is 23.9 Å². The highest BCUT2D eigenvalue weighted by Gasteiger charge is 2.44. The lowest BCUT2D eigenvalue weighted by atomic mass is 10.2. The van der Waals surface area contributed by atoms with Crippen LogP contribution in [0.5, 0.6) is 0 Å². The van der Waals surface area contributed by atoms with Gasteiger partial charge in [-0.3, -0.25) is 4.79 Å². The lowest BCUT2D eigenvalue weighted by molar-refractivity contribution is -0.140. The van der Waals surface area contributed by atoms with Crippen molar-refractivity contribution in [2.45, 2.75) is 29.7 Å². The Kier molecular flexibility index (Phi) is 4.56. The number of carboxylic acids is 1. The largest absolute Gasteiger partial charge is 0.480 e. The Hall–Kier alpha value is -1.56. The molecule has 0 amide bonds. The second kappa shape index (κ2) is 6.05. The molecule has 21 heavy (non-hydrogen) atoms. The van der Waals surface area contributed by atoms with Crippen LogP contribution in [0.4, 0.5) is 0 Å². The standard InChI is InChI=1S/C13H14N2O4S2/c1-9-15(12(8-20-9)13(16)17)21(18,19)11-4-2-10(3-5-11)6-7-14/h2-5,9,12H,6,8H2,1H3,(H,16,17). The molecule has 1 aromatic carbocycles. The average Bonchev–Trinajstić information content (AvgIpc) is 2.82. The van der Waals surface area contributed by atoms with Gasteiger partial charge in [0.05, 0.1) is 22.8 Å². The van der Waals surface area contributed by atoms with Crippen LogP contribution >= 0.6 is 11.8 Å². The Morgan fingerprint density at radius 1 is 1.48 bits per heavy atom. The Labute approximate surface area is 127 Å². The van der Waals surface area contributed by atoms with Crippen LogP contribution in [0.25, 0.3) is 0 Å². The van der Waals surface area contributed by atoms with Crippen molar-refractivity contribution in [3.8, 4) is 6.07 Å². The Morgan fingerprint density at radius 3 is 2.62 bits per heavy atom. The Morgan fingerprint density at radius 2 is 2.10 bits per heavy atom. The van der Waals surface area contributed by atoms with E-state index in [1.807, 2.05) is 6.07 Å². The molecule has 0 bridgehead atoms. The van der Waals surface area contributed by atoms with Crippen molar-refractivity contribution in [2.24, 2.45) is 0 Å². The molecule has 0 spiro atoms. The zero-order valence-electron chi connectivity index (χ0n) is 11.3. The molecule has 1 N–H and O–H groups in total. The predicted octanol–water partition coefficient (Wildman–Crippen LogP) is 1.29. The number of rotatable bonds is 4. The zero-order chi connectivity index (χ0) is 15.6. The number of thioether (sulfide) groups is 1. The van der Waals surface area contributed by atoms with Gasteiger partial charge in [0, 0.05) is 5.75 Å². The van der Waals surface area contributed by atoms with E-state index in [-0.39, 0.29) is 17.1 Å². The summed E-state index contributed by atoms with van der Waals surface area (Å²) in [5.41, 5.74) is 0.718. The minimum absolute atomic E-state index is 0.0461. The molecule has 1 aliphatic heterocycles. The maximum Gasteiger partial charge on any atom is 0.322 e. The van der Waals surface area contributed by atoms with Crippen molar-refractivity contribution in [3.63, 3.8) is 0 Å². The highest BCUT2D eigenvalue weighted by atomic mass is 32.2. The lowest BCUT2D eigenvalue weighted by Crippen LogP contribution is -2.44. The number of nitriles is 1. The summed E-state index contributed by atoms with van der Waals surface area (Å²) in [4.78, 5) is 11.3. The summed E-state index contributed by atoms with van der Waals surface area (Å²) in [5.74, 6) is -0.904. The summed E-state index contributed by atoms with van der Waals surface area (Å²) in [7, 11) is -3.87. The van der Waals surface area contributed by atoms with E-state index < -0.39 is 27.4 Å². The molecule has 2 rings (SSSR count).